The summed E-state index contributed by atoms with van der Waals surface area (Å²) >= 11 is 0. The maximum Gasteiger partial charge on any atom is 0.261 e. The number of aryl methyl sites for hydroxylation is 1. The Morgan fingerprint density at radius 1 is 1.14 bits per heavy atom. The number of ether oxygens (including phenoxy) is 1. The van der Waals surface area contributed by atoms with Gasteiger partial charge in [0.25, 0.3) is 10.0 Å². The number of benzene rings is 2. The van der Waals surface area contributed by atoms with Crippen molar-refractivity contribution in [3.05, 3.63) is 48.0 Å². The van der Waals surface area contributed by atoms with E-state index in [1.807, 2.05) is 6.92 Å². The predicted molar refractivity (Wildman–Crippen MR) is 84.0 cm³/mol. The van der Waals surface area contributed by atoms with Gasteiger partial charge in [-0.15, -0.1) is 0 Å². The number of nitrogens with two attached hydrogens (primary N) is 1. The second-order valence-electron chi connectivity index (χ2n) is 4.56. The molecule has 0 saturated heterocycles. The molecule has 0 spiro atoms. The summed E-state index contributed by atoms with van der Waals surface area (Å²) in [5, 5.41) is 0. The lowest BCUT2D eigenvalue weighted by Crippen LogP contribution is -2.13. The third-order valence-electron chi connectivity index (χ3n) is 3.12. The van der Waals surface area contributed by atoms with Gasteiger partial charge in [0.2, 0.25) is 0 Å². The zero-order valence-electron chi connectivity index (χ0n) is 12.0. The second-order valence-corrected chi connectivity index (χ2v) is 6.24. The summed E-state index contributed by atoms with van der Waals surface area (Å²) < 4.78 is 32.1. The van der Waals surface area contributed by atoms with E-state index in [1.165, 1.54) is 13.2 Å². The fourth-order valence-electron chi connectivity index (χ4n) is 1.92. The Balaban J connectivity index is 2.26. The van der Waals surface area contributed by atoms with Crippen molar-refractivity contribution in [3.63, 3.8) is 0 Å². The number of nitrogen functional groups attached to an aromatic ring is 1. The smallest absolute Gasteiger partial charge is 0.261 e. The molecule has 5 nitrogen and oxygen atoms in total. The van der Waals surface area contributed by atoms with Crippen LogP contribution in [0.3, 0.4) is 0 Å². The first-order valence-corrected chi connectivity index (χ1v) is 8.00. The lowest BCUT2D eigenvalue weighted by atomic mass is 10.2. The van der Waals surface area contributed by atoms with Crippen molar-refractivity contribution in [2.75, 3.05) is 17.6 Å². The minimum atomic E-state index is -3.62. The third kappa shape index (κ3) is 3.46. The quantitative estimate of drug-likeness (QED) is 0.832. The average Bonchev–Trinajstić information content (AvgIpc) is 2.47. The molecule has 0 heterocycles. The number of anilines is 2. The highest BCUT2D eigenvalue weighted by Gasteiger charge is 2.14. The van der Waals surface area contributed by atoms with Crippen molar-refractivity contribution in [2.24, 2.45) is 0 Å². The minimum absolute atomic E-state index is 0.217. The number of rotatable bonds is 5. The van der Waals surface area contributed by atoms with Gasteiger partial charge in [-0.25, -0.2) is 8.42 Å². The normalized spacial score (nSPS) is 11.1. The van der Waals surface area contributed by atoms with E-state index in [9.17, 15) is 8.42 Å². The maximum absolute atomic E-state index is 12.3. The summed E-state index contributed by atoms with van der Waals surface area (Å²) in [4.78, 5) is 0.217. The number of nitrogens with one attached hydrogen (secondary N) is 1. The monoisotopic (exact) mass is 306 g/mol. The van der Waals surface area contributed by atoms with E-state index in [4.69, 9.17) is 10.5 Å². The Bertz CT molecular complexity index is 725. The van der Waals surface area contributed by atoms with Gasteiger partial charge in [-0.05, 0) is 42.3 Å². The largest absolute Gasteiger partial charge is 0.495 e. The van der Waals surface area contributed by atoms with E-state index < -0.39 is 10.0 Å². The fourth-order valence-corrected chi connectivity index (χ4v) is 2.97. The molecule has 2 aromatic rings. The molecule has 0 aromatic heterocycles. The van der Waals surface area contributed by atoms with Crippen LogP contribution in [-0.2, 0) is 16.4 Å². The van der Waals surface area contributed by atoms with Crippen LogP contribution in [-0.4, -0.2) is 15.5 Å². The minimum Gasteiger partial charge on any atom is -0.495 e. The van der Waals surface area contributed by atoms with Crippen molar-refractivity contribution in [1.29, 1.82) is 0 Å². The van der Waals surface area contributed by atoms with Gasteiger partial charge >= 0.3 is 0 Å². The van der Waals surface area contributed by atoms with Crippen molar-refractivity contribution < 1.29 is 13.2 Å². The topological polar surface area (TPSA) is 81.4 Å². The average molecular weight is 306 g/mol. The molecule has 21 heavy (non-hydrogen) atoms. The van der Waals surface area contributed by atoms with Gasteiger partial charge in [-0.3, -0.25) is 4.72 Å². The van der Waals surface area contributed by atoms with E-state index in [1.54, 1.807) is 36.4 Å². The highest BCUT2D eigenvalue weighted by molar-refractivity contribution is 7.92. The van der Waals surface area contributed by atoms with Gasteiger partial charge in [0.05, 0.1) is 23.4 Å². The molecule has 3 N–H and O–H groups in total. The van der Waals surface area contributed by atoms with Crippen LogP contribution in [0.4, 0.5) is 11.4 Å². The zero-order chi connectivity index (χ0) is 15.5. The molecule has 2 rings (SSSR count). The van der Waals surface area contributed by atoms with Crippen LogP contribution in [0.15, 0.2) is 47.4 Å². The Morgan fingerprint density at radius 2 is 1.81 bits per heavy atom. The van der Waals surface area contributed by atoms with E-state index in [0.29, 0.717) is 17.1 Å². The number of hydrogen-bond donors (Lipinski definition) is 2. The van der Waals surface area contributed by atoms with E-state index in [2.05, 4.69) is 4.72 Å². The van der Waals surface area contributed by atoms with Crippen molar-refractivity contribution in [1.82, 2.24) is 0 Å². The lowest BCUT2D eigenvalue weighted by molar-refractivity contribution is 0.417. The zero-order valence-corrected chi connectivity index (χ0v) is 12.8. The molecule has 0 atom stereocenters. The first-order valence-electron chi connectivity index (χ1n) is 6.51. The molecule has 0 saturated carbocycles. The summed E-state index contributed by atoms with van der Waals surface area (Å²) in [5.74, 6) is 0.505. The van der Waals surface area contributed by atoms with Crippen LogP contribution < -0.4 is 15.2 Å². The Labute approximate surface area is 124 Å². The fraction of sp³-hybridized carbons (Fsp3) is 0.200. The van der Waals surface area contributed by atoms with Gasteiger partial charge in [0.15, 0.2) is 0 Å². The lowest BCUT2D eigenvalue weighted by Gasteiger charge is -2.11. The molecule has 0 fully saturated rings. The SMILES string of the molecule is CCc1ccc(S(=O)(=O)Nc2ccc(OC)c(N)c2)cc1. The number of methoxy groups -OCH3 is 1. The van der Waals surface area contributed by atoms with Gasteiger partial charge in [-0.1, -0.05) is 19.1 Å². The maximum atomic E-state index is 12.3. The summed E-state index contributed by atoms with van der Waals surface area (Å²) in [5.41, 5.74) is 7.62. The van der Waals surface area contributed by atoms with E-state index in [-0.39, 0.29) is 4.90 Å². The van der Waals surface area contributed by atoms with Crippen LogP contribution >= 0.6 is 0 Å². The van der Waals surface area contributed by atoms with Crippen LogP contribution in [0.2, 0.25) is 0 Å². The van der Waals surface area contributed by atoms with Crippen LogP contribution in [0.5, 0.6) is 5.75 Å². The molecular weight excluding hydrogens is 288 g/mol. The highest BCUT2D eigenvalue weighted by atomic mass is 32.2. The molecular formula is C15H18N2O3S. The van der Waals surface area contributed by atoms with Crippen LogP contribution in [0, 0.1) is 0 Å². The molecule has 0 amide bonds. The molecule has 112 valence electrons. The standard InChI is InChI=1S/C15H18N2O3S/c1-3-11-4-7-13(8-5-11)21(18,19)17-12-6-9-15(20-2)14(16)10-12/h4-10,17H,3,16H2,1-2H3. The Morgan fingerprint density at radius 3 is 2.33 bits per heavy atom. The third-order valence-corrected chi connectivity index (χ3v) is 4.52. The second kappa shape index (κ2) is 6.05. The Hall–Kier alpha value is -2.21. The van der Waals surface area contributed by atoms with Crippen LogP contribution in [0.25, 0.3) is 0 Å². The van der Waals surface area contributed by atoms with E-state index in [0.717, 1.165) is 12.0 Å². The predicted octanol–water partition coefficient (Wildman–Crippen LogP) is 2.64. The molecule has 0 unspecified atom stereocenters. The summed E-state index contributed by atoms with van der Waals surface area (Å²) in [6.07, 6.45) is 0.864. The van der Waals surface area contributed by atoms with Gasteiger partial charge < -0.3 is 10.5 Å². The van der Waals surface area contributed by atoms with E-state index >= 15 is 0 Å². The van der Waals surface area contributed by atoms with Crippen LogP contribution in [0.1, 0.15) is 12.5 Å². The first kappa shape index (κ1) is 15.2. The molecule has 0 bridgehead atoms. The van der Waals surface area contributed by atoms with Gasteiger partial charge in [0.1, 0.15) is 5.75 Å². The summed E-state index contributed by atoms with van der Waals surface area (Å²) in [6, 6.07) is 11.5. The summed E-state index contributed by atoms with van der Waals surface area (Å²) in [7, 11) is -2.12. The molecule has 6 heteroatoms. The van der Waals surface area contributed by atoms with Crippen molar-refractivity contribution >= 4 is 21.4 Å². The highest BCUT2D eigenvalue weighted by Crippen LogP contribution is 2.26. The number of sulfonamides is 1. The molecule has 0 aliphatic heterocycles. The first-order chi connectivity index (χ1) is 9.96. The molecule has 0 aliphatic rings. The summed E-state index contributed by atoms with van der Waals surface area (Å²) in [6.45, 7) is 2.02. The Kier molecular flexibility index (Phi) is 4.37. The molecule has 2 aromatic carbocycles. The van der Waals surface area contributed by atoms with Crippen molar-refractivity contribution in [2.45, 2.75) is 18.2 Å². The van der Waals surface area contributed by atoms with Gasteiger partial charge in [-0.2, -0.15) is 0 Å². The van der Waals surface area contributed by atoms with Gasteiger partial charge in [0, 0.05) is 0 Å². The van der Waals surface area contributed by atoms with Crippen molar-refractivity contribution in [3.8, 4) is 5.75 Å². The molecule has 0 radical (unpaired) electrons. The number of hydrogen-bond acceptors (Lipinski definition) is 4. The molecule has 0 aliphatic carbocycles.